The summed E-state index contributed by atoms with van der Waals surface area (Å²) in [5, 5.41) is 11.6. The van der Waals surface area contributed by atoms with Gasteiger partial charge < -0.3 is 15.2 Å². The fraction of sp³-hybridized carbons (Fsp3) is 0.400. The molecule has 1 amide bonds. The number of nitrogens with one attached hydrogen (secondary N) is 1. The van der Waals surface area contributed by atoms with Gasteiger partial charge in [-0.25, -0.2) is 4.79 Å². The molecule has 114 valence electrons. The topological polar surface area (TPSA) is 92.7 Å². The summed E-state index contributed by atoms with van der Waals surface area (Å²) in [6, 6.07) is 4.86. The number of aliphatic carboxylic acids is 1. The summed E-state index contributed by atoms with van der Waals surface area (Å²) in [6.07, 6.45) is -0.162. The molecule has 1 aromatic carbocycles. The first-order valence-corrected chi connectivity index (χ1v) is 6.40. The fourth-order valence-corrected chi connectivity index (χ4v) is 1.77. The van der Waals surface area contributed by atoms with Crippen LogP contribution in [-0.2, 0) is 14.3 Å². The highest BCUT2D eigenvalue weighted by Crippen LogP contribution is 2.24. The van der Waals surface area contributed by atoms with Gasteiger partial charge in [-0.2, -0.15) is 0 Å². The lowest BCUT2D eigenvalue weighted by Gasteiger charge is -2.19. The Labute approximate surface area is 123 Å². The van der Waals surface area contributed by atoms with Crippen LogP contribution in [0.3, 0.4) is 0 Å². The molecule has 0 unspecified atom stereocenters. The molecule has 0 heterocycles. The highest BCUT2D eigenvalue weighted by Gasteiger charge is 2.30. The molecule has 0 aliphatic rings. The Bertz CT molecular complexity index is 577. The van der Waals surface area contributed by atoms with E-state index in [1.807, 2.05) is 0 Å². The predicted molar refractivity (Wildman–Crippen MR) is 77.2 cm³/mol. The summed E-state index contributed by atoms with van der Waals surface area (Å²) in [4.78, 5) is 34.5. The number of methoxy groups -OCH3 is 1. The lowest BCUT2D eigenvalue weighted by Crippen LogP contribution is -2.29. The molecule has 0 aliphatic heterocycles. The van der Waals surface area contributed by atoms with Gasteiger partial charge in [0.2, 0.25) is 5.91 Å². The molecule has 0 aromatic heterocycles. The Hall–Kier alpha value is -2.37. The minimum absolute atomic E-state index is 0.162. The van der Waals surface area contributed by atoms with Crippen molar-refractivity contribution in [3.05, 3.63) is 29.3 Å². The maximum atomic E-state index is 11.9. The van der Waals surface area contributed by atoms with Crippen molar-refractivity contribution in [2.24, 2.45) is 5.41 Å². The van der Waals surface area contributed by atoms with E-state index >= 15 is 0 Å². The van der Waals surface area contributed by atoms with Crippen LogP contribution < -0.4 is 5.32 Å². The van der Waals surface area contributed by atoms with E-state index in [4.69, 9.17) is 5.11 Å². The van der Waals surface area contributed by atoms with E-state index in [1.54, 1.807) is 25.1 Å². The number of carbonyl (C=O) groups is 3. The maximum Gasteiger partial charge on any atom is 0.338 e. The van der Waals surface area contributed by atoms with E-state index in [0.29, 0.717) is 16.8 Å². The standard InChI is InChI=1S/C15H19NO5/c1-9-10(13(18)21-4)6-5-7-11(9)16-12(17)8-15(2,3)14(19)20/h5-7H,8H2,1-4H3,(H,16,17)(H,19,20). The molecule has 0 saturated heterocycles. The minimum atomic E-state index is -1.15. The quantitative estimate of drug-likeness (QED) is 0.812. The molecule has 0 fully saturated rings. The molecular formula is C15H19NO5. The van der Waals surface area contributed by atoms with Crippen LogP contribution in [0.1, 0.15) is 36.2 Å². The van der Waals surface area contributed by atoms with Gasteiger partial charge in [-0.15, -0.1) is 0 Å². The largest absolute Gasteiger partial charge is 0.481 e. The molecule has 1 rings (SSSR count). The third-order valence-electron chi connectivity index (χ3n) is 3.19. The van der Waals surface area contributed by atoms with Gasteiger partial charge >= 0.3 is 11.9 Å². The molecule has 6 heteroatoms. The number of hydrogen-bond acceptors (Lipinski definition) is 4. The Kier molecular flexibility index (Phi) is 5.07. The van der Waals surface area contributed by atoms with Crippen molar-refractivity contribution in [1.29, 1.82) is 0 Å². The second-order valence-corrected chi connectivity index (χ2v) is 5.38. The van der Waals surface area contributed by atoms with Gasteiger partial charge in [0.05, 0.1) is 18.1 Å². The zero-order chi connectivity index (χ0) is 16.2. The average molecular weight is 293 g/mol. The normalized spacial score (nSPS) is 10.9. The van der Waals surface area contributed by atoms with Crippen LogP contribution in [0.25, 0.3) is 0 Å². The van der Waals surface area contributed by atoms with Crippen LogP contribution in [0.4, 0.5) is 5.69 Å². The van der Waals surface area contributed by atoms with E-state index in [0.717, 1.165) is 0 Å². The van der Waals surface area contributed by atoms with Crippen molar-refractivity contribution in [1.82, 2.24) is 0 Å². The van der Waals surface area contributed by atoms with Crippen molar-refractivity contribution in [3.8, 4) is 0 Å². The minimum Gasteiger partial charge on any atom is -0.481 e. The molecule has 0 radical (unpaired) electrons. The third-order valence-corrected chi connectivity index (χ3v) is 3.19. The number of amides is 1. The Morgan fingerprint density at radius 2 is 1.90 bits per heavy atom. The van der Waals surface area contributed by atoms with E-state index in [-0.39, 0.29) is 6.42 Å². The summed E-state index contributed by atoms with van der Waals surface area (Å²) in [5.74, 6) is -1.96. The van der Waals surface area contributed by atoms with Crippen molar-refractivity contribution in [3.63, 3.8) is 0 Å². The molecular weight excluding hydrogens is 274 g/mol. The van der Waals surface area contributed by atoms with Gasteiger partial charge in [-0.3, -0.25) is 9.59 Å². The van der Waals surface area contributed by atoms with Gasteiger partial charge in [-0.1, -0.05) is 6.07 Å². The summed E-state index contributed by atoms with van der Waals surface area (Å²) in [6.45, 7) is 4.64. The number of ether oxygens (including phenoxy) is 1. The zero-order valence-corrected chi connectivity index (χ0v) is 12.5. The summed E-state index contributed by atoms with van der Waals surface area (Å²) < 4.78 is 4.66. The van der Waals surface area contributed by atoms with Gasteiger partial charge in [0.25, 0.3) is 0 Å². The van der Waals surface area contributed by atoms with Crippen LogP contribution in [-0.4, -0.2) is 30.1 Å². The van der Waals surface area contributed by atoms with E-state index in [1.165, 1.54) is 21.0 Å². The second-order valence-electron chi connectivity index (χ2n) is 5.38. The monoisotopic (exact) mass is 293 g/mol. The smallest absolute Gasteiger partial charge is 0.338 e. The summed E-state index contributed by atoms with van der Waals surface area (Å²) in [5.41, 5.74) is 0.237. The van der Waals surface area contributed by atoms with Crippen molar-refractivity contribution in [2.45, 2.75) is 27.2 Å². The summed E-state index contributed by atoms with van der Waals surface area (Å²) >= 11 is 0. The first-order valence-electron chi connectivity index (χ1n) is 6.40. The van der Waals surface area contributed by atoms with E-state index in [2.05, 4.69) is 10.1 Å². The van der Waals surface area contributed by atoms with Gasteiger partial charge in [0, 0.05) is 12.1 Å². The van der Waals surface area contributed by atoms with Crippen LogP contribution in [0.15, 0.2) is 18.2 Å². The number of esters is 1. The van der Waals surface area contributed by atoms with Crippen molar-refractivity contribution < 1.29 is 24.2 Å². The summed E-state index contributed by atoms with van der Waals surface area (Å²) in [7, 11) is 1.28. The zero-order valence-electron chi connectivity index (χ0n) is 12.5. The lowest BCUT2D eigenvalue weighted by molar-refractivity contribution is -0.148. The first-order chi connectivity index (χ1) is 9.69. The van der Waals surface area contributed by atoms with Gasteiger partial charge in [0.1, 0.15) is 0 Å². The molecule has 21 heavy (non-hydrogen) atoms. The highest BCUT2D eigenvalue weighted by atomic mass is 16.5. The molecule has 0 aliphatic carbocycles. The first kappa shape index (κ1) is 16.7. The van der Waals surface area contributed by atoms with Crippen LogP contribution in [0.2, 0.25) is 0 Å². The number of benzene rings is 1. The second kappa shape index (κ2) is 6.39. The number of anilines is 1. The molecule has 1 aromatic rings. The number of carboxylic acid groups (broad SMARTS) is 1. The maximum absolute atomic E-state index is 11.9. The third kappa shape index (κ3) is 4.05. The predicted octanol–water partition coefficient (Wildman–Crippen LogP) is 2.22. The number of rotatable bonds is 5. The Morgan fingerprint density at radius 3 is 2.43 bits per heavy atom. The van der Waals surface area contributed by atoms with Crippen LogP contribution >= 0.6 is 0 Å². The molecule has 0 atom stereocenters. The SMILES string of the molecule is COC(=O)c1cccc(NC(=O)CC(C)(C)C(=O)O)c1C. The van der Waals surface area contributed by atoms with E-state index in [9.17, 15) is 14.4 Å². The van der Waals surface area contributed by atoms with Gasteiger partial charge in [-0.05, 0) is 38.5 Å². The van der Waals surface area contributed by atoms with Gasteiger partial charge in [0.15, 0.2) is 0 Å². The van der Waals surface area contributed by atoms with Crippen LogP contribution in [0, 0.1) is 12.3 Å². The Morgan fingerprint density at radius 1 is 1.29 bits per heavy atom. The average Bonchev–Trinajstić information content (AvgIpc) is 2.39. The molecule has 0 spiro atoms. The van der Waals surface area contributed by atoms with Crippen LogP contribution in [0.5, 0.6) is 0 Å². The molecule has 0 bridgehead atoms. The Balaban J connectivity index is 2.92. The lowest BCUT2D eigenvalue weighted by atomic mass is 9.89. The molecule has 2 N–H and O–H groups in total. The highest BCUT2D eigenvalue weighted by molar-refractivity contribution is 5.98. The van der Waals surface area contributed by atoms with E-state index < -0.39 is 23.3 Å². The van der Waals surface area contributed by atoms with Crippen molar-refractivity contribution >= 4 is 23.5 Å². The number of carbonyl (C=O) groups excluding carboxylic acids is 2. The molecule has 6 nitrogen and oxygen atoms in total. The number of hydrogen-bond donors (Lipinski definition) is 2. The fourth-order valence-electron chi connectivity index (χ4n) is 1.77. The van der Waals surface area contributed by atoms with Crippen molar-refractivity contribution in [2.75, 3.05) is 12.4 Å². The number of carboxylic acids is 1. The molecule has 0 saturated carbocycles.